The van der Waals surface area contributed by atoms with Gasteiger partial charge in [-0.2, -0.15) is 0 Å². The van der Waals surface area contributed by atoms with E-state index < -0.39 is 23.9 Å². The van der Waals surface area contributed by atoms with Crippen molar-refractivity contribution < 1.29 is 29.0 Å². The number of hydrogen-bond acceptors (Lipinski definition) is 6. The van der Waals surface area contributed by atoms with Gasteiger partial charge < -0.3 is 25.2 Å². The molecule has 2 amide bonds. The van der Waals surface area contributed by atoms with Gasteiger partial charge in [-0.15, -0.1) is 13.2 Å². The molecule has 0 bridgehead atoms. The maximum absolute atomic E-state index is 13.2. The van der Waals surface area contributed by atoms with Crippen LogP contribution in [0.1, 0.15) is 37.3 Å². The summed E-state index contributed by atoms with van der Waals surface area (Å²) < 4.78 is 11.5. The van der Waals surface area contributed by atoms with Crippen LogP contribution in [0.25, 0.3) is 0 Å². The number of aliphatic hydroxyl groups is 1. The highest BCUT2D eigenvalue weighted by Crippen LogP contribution is 2.16. The third kappa shape index (κ3) is 12.4. The summed E-state index contributed by atoms with van der Waals surface area (Å²) in [4.78, 5) is 38.6. The SMILES string of the molecule is C=CCC(CC(=O)NC(C)CO)C(=O)NC(COCc1ccccc1)COC(=O)C(CC=C)Cc1ccccc1. The molecule has 216 valence electrons. The average molecular weight is 551 g/mol. The Bertz CT molecular complexity index is 1060. The van der Waals surface area contributed by atoms with Gasteiger partial charge in [0.15, 0.2) is 0 Å². The van der Waals surface area contributed by atoms with Crippen molar-refractivity contribution in [3.05, 3.63) is 97.1 Å². The van der Waals surface area contributed by atoms with E-state index in [-0.39, 0.29) is 50.4 Å². The van der Waals surface area contributed by atoms with E-state index in [1.165, 1.54) is 0 Å². The van der Waals surface area contributed by atoms with Gasteiger partial charge in [0.25, 0.3) is 0 Å². The average Bonchev–Trinajstić information content (AvgIpc) is 2.96. The van der Waals surface area contributed by atoms with Crippen LogP contribution in [0.3, 0.4) is 0 Å². The number of carbonyl (C=O) groups is 3. The van der Waals surface area contributed by atoms with Gasteiger partial charge in [-0.05, 0) is 37.3 Å². The molecule has 0 aromatic heterocycles. The molecule has 4 atom stereocenters. The molecule has 0 fully saturated rings. The summed E-state index contributed by atoms with van der Waals surface area (Å²) in [5, 5.41) is 14.8. The molecule has 40 heavy (non-hydrogen) atoms. The molecule has 0 saturated carbocycles. The largest absolute Gasteiger partial charge is 0.463 e. The fraction of sp³-hybridized carbons (Fsp3) is 0.406. The van der Waals surface area contributed by atoms with Gasteiger partial charge in [0.1, 0.15) is 6.61 Å². The van der Waals surface area contributed by atoms with E-state index in [4.69, 9.17) is 9.47 Å². The maximum atomic E-state index is 13.2. The van der Waals surface area contributed by atoms with Gasteiger partial charge in [0.2, 0.25) is 11.8 Å². The predicted molar refractivity (Wildman–Crippen MR) is 155 cm³/mol. The van der Waals surface area contributed by atoms with Crippen LogP contribution in [0.5, 0.6) is 0 Å². The second-order valence-electron chi connectivity index (χ2n) is 9.82. The molecule has 3 N–H and O–H groups in total. The smallest absolute Gasteiger partial charge is 0.309 e. The van der Waals surface area contributed by atoms with E-state index in [2.05, 4.69) is 23.8 Å². The Morgan fingerprint density at radius 2 is 1.48 bits per heavy atom. The normalized spacial score (nSPS) is 13.8. The van der Waals surface area contributed by atoms with Crippen molar-refractivity contribution in [2.75, 3.05) is 19.8 Å². The molecule has 4 unspecified atom stereocenters. The Labute approximate surface area is 237 Å². The Kier molecular flexibility index (Phi) is 15.0. The number of esters is 1. The van der Waals surface area contributed by atoms with Gasteiger partial charge in [0, 0.05) is 12.5 Å². The first-order valence-electron chi connectivity index (χ1n) is 13.6. The van der Waals surface area contributed by atoms with Crippen LogP contribution in [0.15, 0.2) is 86.0 Å². The highest BCUT2D eigenvalue weighted by Gasteiger charge is 2.26. The molecular formula is C32H42N2O6. The first-order valence-corrected chi connectivity index (χ1v) is 13.6. The Morgan fingerprint density at radius 3 is 2.08 bits per heavy atom. The van der Waals surface area contributed by atoms with Crippen molar-refractivity contribution in [1.29, 1.82) is 0 Å². The highest BCUT2D eigenvalue weighted by atomic mass is 16.5. The number of benzene rings is 2. The van der Waals surface area contributed by atoms with Crippen LogP contribution in [0.4, 0.5) is 0 Å². The molecule has 0 aliphatic carbocycles. The lowest BCUT2D eigenvalue weighted by Crippen LogP contribution is -2.46. The van der Waals surface area contributed by atoms with Gasteiger partial charge in [0.05, 0.1) is 37.7 Å². The van der Waals surface area contributed by atoms with Crippen LogP contribution in [0.2, 0.25) is 0 Å². The standard InChI is InChI=1S/C32H42N2O6/c1-4-12-27(19-30(36)33-24(3)20-35)31(37)34-29(22-39-21-26-16-10-7-11-17-26)23-40-32(38)28(13-5-2)18-25-14-8-6-9-15-25/h4-11,14-17,24,27-29,35H,1-2,12-13,18-23H2,3H3,(H,33,36)(H,34,37). The number of ether oxygens (including phenoxy) is 2. The number of aliphatic hydroxyl groups excluding tert-OH is 1. The summed E-state index contributed by atoms with van der Waals surface area (Å²) >= 11 is 0. The first kappa shape index (κ1) is 32.5. The Balaban J connectivity index is 2.06. The molecule has 8 heteroatoms. The van der Waals surface area contributed by atoms with Gasteiger partial charge in [-0.1, -0.05) is 72.8 Å². The molecule has 0 aliphatic heterocycles. The van der Waals surface area contributed by atoms with Crippen molar-refractivity contribution in [3.63, 3.8) is 0 Å². The van der Waals surface area contributed by atoms with E-state index in [0.29, 0.717) is 19.4 Å². The van der Waals surface area contributed by atoms with E-state index >= 15 is 0 Å². The van der Waals surface area contributed by atoms with Crippen molar-refractivity contribution in [3.8, 4) is 0 Å². The van der Waals surface area contributed by atoms with Crippen molar-refractivity contribution in [2.24, 2.45) is 11.8 Å². The summed E-state index contributed by atoms with van der Waals surface area (Å²) in [6, 6.07) is 18.2. The number of rotatable bonds is 19. The number of amides is 2. The topological polar surface area (TPSA) is 114 Å². The molecule has 2 rings (SSSR count). The lowest BCUT2D eigenvalue weighted by Gasteiger charge is -2.23. The predicted octanol–water partition coefficient (Wildman–Crippen LogP) is 3.75. The third-order valence-electron chi connectivity index (χ3n) is 6.25. The summed E-state index contributed by atoms with van der Waals surface area (Å²) in [5.74, 6) is -2.19. The molecule has 0 saturated heterocycles. The van der Waals surface area contributed by atoms with Gasteiger partial charge >= 0.3 is 5.97 Å². The van der Waals surface area contributed by atoms with Gasteiger partial charge in [-0.3, -0.25) is 14.4 Å². The van der Waals surface area contributed by atoms with Gasteiger partial charge in [-0.25, -0.2) is 0 Å². The molecule has 0 aliphatic rings. The number of nitrogens with one attached hydrogen (secondary N) is 2. The van der Waals surface area contributed by atoms with Crippen molar-refractivity contribution >= 4 is 17.8 Å². The fourth-order valence-corrected chi connectivity index (χ4v) is 4.09. The van der Waals surface area contributed by atoms with E-state index in [1.54, 1.807) is 19.1 Å². The van der Waals surface area contributed by atoms with Crippen LogP contribution in [-0.4, -0.2) is 54.8 Å². The molecule has 0 heterocycles. The second-order valence-corrected chi connectivity index (χ2v) is 9.82. The quantitative estimate of drug-likeness (QED) is 0.181. The molecule has 8 nitrogen and oxygen atoms in total. The van der Waals surface area contributed by atoms with E-state index in [1.807, 2.05) is 60.7 Å². The molecule has 2 aromatic carbocycles. The zero-order valence-corrected chi connectivity index (χ0v) is 23.3. The van der Waals surface area contributed by atoms with Crippen LogP contribution >= 0.6 is 0 Å². The van der Waals surface area contributed by atoms with E-state index in [9.17, 15) is 19.5 Å². The molecular weight excluding hydrogens is 508 g/mol. The van der Waals surface area contributed by atoms with Crippen LogP contribution in [0, 0.1) is 11.8 Å². The van der Waals surface area contributed by atoms with Crippen LogP contribution in [-0.2, 0) is 36.9 Å². The Morgan fingerprint density at radius 1 is 0.875 bits per heavy atom. The first-order chi connectivity index (χ1) is 19.4. The minimum atomic E-state index is -0.678. The number of hydrogen-bond donors (Lipinski definition) is 3. The maximum Gasteiger partial charge on any atom is 0.309 e. The lowest BCUT2D eigenvalue weighted by atomic mass is 9.96. The van der Waals surface area contributed by atoms with Crippen molar-refractivity contribution in [1.82, 2.24) is 10.6 Å². The molecule has 0 spiro atoms. The Hall–Kier alpha value is -3.75. The summed E-state index contributed by atoms with van der Waals surface area (Å²) in [6.45, 7) is 9.29. The summed E-state index contributed by atoms with van der Waals surface area (Å²) in [6.07, 6.45) is 4.45. The van der Waals surface area contributed by atoms with Crippen molar-refractivity contribution in [2.45, 2.75) is 51.3 Å². The van der Waals surface area contributed by atoms with Crippen LogP contribution < -0.4 is 10.6 Å². The van der Waals surface area contributed by atoms with E-state index in [0.717, 1.165) is 11.1 Å². The lowest BCUT2D eigenvalue weighted by molar-refractivity contribution is -0.150. The monoisotopic (exact) mass is 550 g/mol. The second kappa shape index (κ2) is 18.5. The molecule has 0 radical (unpaired) electrons. The zero-order chi connectivity index (χ0) is 29.2. The highest BCUT2D eigenvalue weighted by molar-refractivity contribution is 5.86. The minimum absolute atomic E-state index is 0.0714. The minimum Gasteiger partial charge on any atom is -0.463 e. The summed E-state index contributed by atoms with van der Waals surface area (Å²) in [5.41, 5.74) is 1.99. The zero-order valence-electron chi connectivity index (χ0n) is 23.3. The third-order valence-corrected chi connectivity index (χ3v) is 6.25. The number of carbonyl (C=O) groups excluding carboxylic acids is 3. The fourth-order valence-electron chi connectivity index (χ4n) is 4.09. The summed E-state index contributed by atoms with van der Waals surface area (Å²) in [7, 11) is 0. The molecule has 2 aromatic rings. The number of allylic oxidation sites excluding steroid dienone is 2.